The molecule has 7 heteroatoms. The third-order valence-corrected chi connectivity index (χ3v) is 5.74. The van der Waals surface area contributed by atoms with Crippen molar-refractivity contribution in [2.75, 3.05) is 19.0 Å². The van der Waals surface area contributed by atoms with Crippen molar-refractivity contribution in [3.05, 3.63) is 63.9 Å². The molecule has 152 valence electrons. The van der Waals surface area contributed by atoms with Gasteiger partial charge in [0.25, 0.3) is 5.56 Å². The van der Waals surface area contributed by atoms with Crippen LogP contribution in [0.5, 0.6) is 0 Å². The van der Waals surface area contributed by atoms with Gasteiger partial charge in [-0.3, -0.25) is 14.2 Å². The van der Waals surface area contributed by atoms with Crippen LogP contribution in [0, 0.1) is 13.8 Å². The number of fused-ring (bicyclic) bond motifs is 1. The molecule has 3 rings (SSSR count). The lowest BCUT2D eigenvalue weighted by Gasteiger charge is -2.17. The summed E-state index contributed by atoms with van der Waals surface area (Å²) in [5.41, 5.74) is 3.37. The van der Waals surface area contributed by atoms with Crippen LogP contribution in [0.15, 0.2) is 52.4 Å². The molecule has 1 atom stereocenters. The van der Waals surface area contributed by atoms with Crippen LogP contribution in [-0.4, -0.2) is 34.4 Å². The molecule has 0 unspecified atom stereocenters. The quantitative estimate of drug-likeness (QED) is 0.473. The van der Waals surface area contributed by atoms with Gasteiger partial charge in [0.2, 0.25) is 5.91 Å². The van der Waals surface area contributed by atoms with E-state index in [1.807, 2.05) is 57.2 Å². The van der Waals surface area contributed by atoms with Gasteiger partial charge in [0, 0.05) is 12.8 Å². The van der Waals surface area contributed by atoms with Gasteiger partial charge in [0.15, 0.2) is 5.16 Å². The Morgan fingerprint density at radius 3 is 2.76 bits per heavy atom. The Bertz CT molecular complexity index is 1090. The molecule has 0 aliphatic heterocycles. The van der Waals surface area contributed by atoms with Crippen LogP contribution in [0.3, 0.4) is 0 Å². The van der Waals surface area contributed by atoms with Gasteiger partial charge in [-0.2, -0.15) is 0 Å². The van der Waals surface area contributed by atoms with Gasteiger partial charge in [0.1, 0.15) is 0 Å². The number of para-hydroxylation sites is 1. The van der Waals surface area contributed by atoms with Gasteiger partial charge in [-0.25, -0.2) is 4.98 Å². The maximum atomic E-state index is 12.9. The first kappa shape index (κ1) is 21.1. The fourth-order valence-corrected chi connectivity index (χ4v) is 3.87. The molecule has 1 heterocycles. The average molecular weight is 412 g/mol. The number of hydrogen-bond acceptors (Lipinski definition) is 5. The number of aryl methyl sites for hydroxylation is 2. The van der Waals surface area contributed by atoms with Gasteiger partial charge in [-0.05, 0) is 50.1 Å². The minimum atomic E-state index is -0.434. The molecular formula is C22H25N3O3S. The summed E-state index contributed by atoms with van der Waals surface area (Å²) >= 11 is 1.27. The van der Waals surface area contributed by atoms with Crippen LogP contribution in [-0.2, 0) is 16.1 Å². The van der Waals surface area contributed by atoms with Gasteiger partial charge in [-0.1, -0.05) is 36.0 Å². The number of carbonyl (C=O) groups excluding carboxylic acids is 1. The summed E-state index contributed by atoms with van der Waals surface area (Å²) in [5.74, 6) is -0.135. The highest BCUT2D eigenvalue weighted by atomic mass is 32.2. The fraction of sp³-hybridized carbons (Fsp3) is 0.318. The monoisotopic (exact) mass is 411 g/mol. The Morgan fingerprint density at radius 1 is 1.24 bits per heavy atom. The molecular weight excluding hydrogens is 386 g/mol. The molecule has 1 aromatic heterocycles. The smallest absolute Gasteiger partial charge is 0.262 e. The molecule has 6 nitrogen and oxygen atoms in total. The van der Waals surface area contributed by atoms with Gasteiger partial charge < -0.3 is 10.1 Å². The Balaban J connectivity index is 1.88. The van der Waals surface area contributed by atoms with Crippen molar-refractivity contribution in [2.24, 2.45) is 0 Å². The van der Waals surface area contributed by atoms with E-state index in [0.717, 1.165) is 16.8 Å². The molecule has 0 fully saturated rings. The number of nitrogens with one attached hydrogen (secondary N) is 1. The Morgan fingerprint density at radius 2 is 2.00 bits per heavy atom. The molecule has 0 bridgehead atoms. The molecule has 2 aromatic carbocycles. The van der Waals surface area contributed by atoms with Crippen molar-refractivity contribution in [3.63, 3.8) is 0 Å². The SMILES string of the molecule is COCCn1c(S[C@@H](C)C(=O)Nc2cc(C)ccc2C)nc2ccccc2c1=O. The number of aromatic nitrogens is 2. The van der Waals surface area contributed by atoms with Gasteiger partial charge in [0.05, 0.1) is 29.3 Å². The summed E-state index contributed by atoms with van der Waals surface area (Å²) in [7, 11) is 1.59. The summed E-state index contributed by atoms with van der Waals surface area (Å²) in [5, 5.41) is 3.62. The lowest BCUT2D eigenvalue weighted by atomic mass is 10.1. The van der Waals surface area contributed by atoms with Crippen molar-refractivity contribution in [2.45, 2.75) is 37.7 Å². The zero-order chi connectivity index (χ0) is 21.0. The maximum Gasteiger partial charge on any atom is 0.262 e. The standard InChI is InChI=1S/C22H25N3O3S/c1-14-9-10-15(2)19(13-14)23-20(26)16(3)29-22-24-18-8-6-5-7-17(18)21(27)25(22)11-12-28-4/h5-10,13,16H,11-12H2,1-4H3,(H,23,26)/t16-/m0/s1. The van der Waals surface area contributed by atoms with Crippen molar-refractivity contribution in [3.8, 4) is 0 Å². The molecule has 0 spiro atoms. The maximum absolute atomic E-state index is 12.9. The van der Waals surface area contributed by atoms with Gasteiger partial charge in [-0.15, -0.1) is 0 Å². The van der Waals surface area contributed by atoms with Crippen molar-refractivity contribution >= 4 is 34.3 Å². The second-order valence-electron chi connectivity index (χ2n) is 6.93. The Labute approximate surface area is 174 Å². The van der Waals surface area contributed by atoms with E-state index >= 15 is 0 Å². The molecule has 3 aromatic rings. The van der Waals surface area contributed by atoms with Crippen LogP contribution < -0.4 is 10.9 Å². The third-order valence-electron chi connectivity index (χ3n) is 4.65. The van der Waals surface area contributed by atoms with E-state index in [0.29, 0.717) is 29.2 Å². The predicted molar refractivity (Wildman–Crippen MR) is 118 cm³/mol. The summed E-state index contributed by atoms with van der Waals surface area (Å²) in [4.78, 5) is 30.4. The normalized spacial score (nSPS) is 12.1. The Hall–Kier alpha value is -2.64. The first-order chi connectivity index (χ1) is 13.9. The number of rotatable bonds is 7. The molecule has 1 N–H and O–H groups in total. The molecule has 29 heavy (non-hydrogen) atoms. The Kier molecular flexibility index (Phi) is 6.71. The number of thioether (sulfide) groups is 1. The van der Waals surface area contributed by atoms with E-state index in [4.69, 9.17) is 4.74 Å². The molecule has 0 aliphatic carbocycles. The first-order valence-corrected chi connectivity index (χ1v) is 10.3. The lowest BCUT2D eigenvalue weighted by Crippen LogP contribution is -2.28. The highest BCUT2D eigenvalue weighted by molar-refractivity contribution is 8.00. The van der Waals surface area contributed by atoms with Crippen molar-refractivity contribution in [1.29, 1.82) is 0 Å². The highest BCUT2D eigenvalue weighted by Gasteiger charge is 2.20. The minimum absolute atomic E-state index is 0.128. The van der Waals surface area contributed by atoms with E-state index in [1.54, 1.807) is 17.7 Å². The van der Waals surface area contributed by atoms with Crippen LogP contribution in [0.2, 0.25) is 0 Å². The number of methoxy groups -OCH3 is 1. The van der Waals surface area contributed by atoms with Crippen molar-refractivity contribution < 1.29 is 9.53 Å². The van der Waals surface area contributed by atoms with E-state index in [9.17, 15) is 9.59 Å². The predicted octanol–water partition coefficient (Wildman–Crippen LogP) is 3.78. The summed E-state index contributed by atoms with van der Waals surface area (Å²) in [6.07, 6.45) is 0. The third kappa shape index (κ3) is 4.86. The van der Waals surface area contributed by atoms with E-state index in [1.165, 1.54) is 11.8 Å². The largest absolute Gasteiger partial charge is 0.383 e. The number of benzene rings is 2. The summed E-state index contributed by atoms with van der Waals surface area (Å²) in [6, 6.07) is 13.2. The zero-order valence-electron chi connectivity index (χ0n) is 17.1. The minimum Gasteiger partial charge on any atom is -0.383 e. The van der Waals surface area contributed by atoms with Crippen LogP contribution in [0.1, 0.15) is 18.1 Å². The van der Waals surface area contributed by atoms with E-state index in [-0.39, 0.29) is 11.5 Å². The summed E-state index contributed by atoms with van der Waals surface area (Å²) < 4.78 is 6.73. The number of nitrogens with zero attached hydrogens (tertiary/aromatic N) is 2. The number of ether oxygens (including phenoxy) is 1. The fourth-order valence-electron chi connectivity index (χ4n) is 2.93. The molecule has 0 saturated heterocycles. The molecule has 0 aliphatic rings. The van der Waals surface area contributed by atoms with Gasteiger partial charge >= 0.3 is 0 Å². The van der Waals surface area contributed by atoms with E-state index < -0.39 is 5.25 Å². The van der Waals surface area contributed by atoms with Crippen LogP contribution in [0.25, 0.3) is 10.9 Å². The topological polar surface area (TPSA) is 73.2 Å². The molecule has 0 saturated carbocycles. The average Bonchev–Trinajstić information content (AvgIpc) is 2.70. The molecule has 0 radical (unpaired) electrons. The lowest BCUT2D eigenvalue weighted by molar-refractivity contribution is -0.115. The highest BCUT2D eigenvalue weighted by Crippen LogP contribution is 2.24. The van der Waals surface area contributed by atoms with Crippen molar-refractivity contribution in [1.82, 2.24) is 9.55 Å². The second-order valence-corrected chi connectivity index (χ2v) is 8.24. The summed E-state index contributed by atoms with van der Waals surface area (Å²) in [6.45, 7) is 6.52. The molecule has 1 amide bonds. The van der Waals surface area contributed by atoms with E-state index in [2.05, 4.69) is 10.3 Å². The van der Waals surface area contributed by atoms with Crippen LogP contribution >= 0.6 is 11.8 Å². The van der Waals surface area contributed by atoms with Crippen LogP contribution in [0.4, 0.5) is 5.69 Å². The second kappa shape index (κ2) is 9.24. The number of carbonyl (C=O) groups is 1. The number of anilines is 1. The first-order valence-electron chi connectivity index (χ1n) is 9.44. The number of amides is 1. The number of hydrogen-bond donors (Lipinski definition) is 1. The zero-order valence-corrected chi connectivity index (χ0v) is 17.9.